The number of carboxylic acids is 1. The van der Waals surface area contributed by atoms with Crippen LogP contribution in [0.4, 0.5) is 5.82 Å². The second-order valence-electron chi connectivity index (χ2n) is 5.34. The molecule has 9 heteroatoms. The van der Waals surface area contributed by atoms with E-state index < -0.39 is 17.4 Å². The Kier molecular flexibility index (Phi) is 4.30. The van der Waals surface area contributed by atoms with Crippen molar-refractivity contribution in [3.63, 3.8) is 0 Å². The Morgan fingerprint density at radius 3 is 2.57 bits per heavy atom. The van der Waals surface area contributed by atoms with Gasteiger partial charge >= 0.3 is 5.97 Å². The van der Waals surface area contributed by atoms with E-state index in [9.17, 15) is 14.4 Å². The van der Waals surface area contributed by atoms with Crippen molar-refractivity contribution in [1.82, 2.24) is 19.6 Å². The molecule has 0 atom stereocenters. The number of aliphatic carboxylic acids is 1. The highest BCUT2D eigenvalue weighted by Gasteiger charge is 2.30. The van der Waals surface area contributed by atoms with Gasteiger partial charge in [-0.15, -0.1) is 0 Å². The minimum atomic E-state index is -1.24. The van der Waals surface area contributed by atoms with Gasteiger partial charge in [-0.2, -0.15) is 10.2 Å². The molecule has 2 rings (SSSR count). The Balaban J connectivity index is 2.20. The van der Waals surface area contributed by atoms with E-state index in [4.69, 9.17) is 5.11 Å². The van der Waals surface area contributed by atoms with Crippen LogP contribution in [-0.2, 0) is 16.9 Å². The molecule has 2 aromatic rings. The minimum absolute atomic E-state index is 0.0681. The molecular formula is C14H17N5O4. The van der Waals surface area contributed by atoms with Gasteiger partial charge in [0.2, 0.25) is 0 Å². The average Bonchev–Trinajstić information content (AvgIpc) is 2.96. The van der Waals surface area contributed by atoms with Crippen LogP contribution in [0.3, 0.4) is 0 Å². The zero-order valence-electron chi connectivity index (χ0n) is 13.0. The summed E-state index contributed by atoms with van der Waals surface area (Å²) in [5.41, 5.74) is -1.47. The van der Waals surface area contributed by atoms with Crippen LogP contribution in [0, 0.1) is 0 Å². The van der Waals surface area contributed by atoms with Crippen molar-refractivity contribution in [1.29, 1.82) is 0 Å². The van der Waals surface area contributed by atoms with E-state index in [-0.39, 0.29) is 17.1 Å². The van der Waals surface area contributed by atoms with E-state index >= 15 is 0 Å². The van der Waals surface area contributed by atoms with Gasteiger partial charge < -0.3 is 10.4 Å². The Morgan fingerprint density at radius 1 is 1.26 bits per heavy atom. The summed E-state index contributed by atoms with van der Waals surface area (Å²) in [4.78, 5) is 34.8. The average molecular weight is 319 g/mol. The predicted octanol–water partition coefficient (Wildman–Crippen LogP) is 0.532. The molecule has 2 heterocycles. The van der Waals surface area contributed by atoms with Crippen LogP contribution in [0.5, 0.6) is 0 Å². The standard InChI is InChI=1S/C14H17N5O4/c1-4-18-11(20)6-5-9(16-18)12(21)15-10-7-8-19(17-10)14(2,3)13(22)23/h5-8H,4H2,1-3H3,(H,22,23)(H,15,17,21). The van der Waals surface area contributed by atoms with E-state index in [0.717, 1.165) is 0 Å². The first kappa shape index (κ1) is 16.4. The fraction of sp³-hybridized carbons (Fsp3) is 0.357. The van der Waals surface area contributed by atoms with Gasteiger partial charge in [0.1, 0.15) is 5.69 Å². The number of aromatic nitrogens is 4. The number of carbonyl (C=O) groups is 2. The lowest BCUT2D eigenvalue weighted by molar-refractivity contribution is -0.146. The van der Waals surface area contributed by atoms with Gasteiger partial charge in [0.25, 0.3) is 11.5 Å². The van der Waals surface area contributed by atoms with Crippen LogP contribution in [0.15, 0.2) is 29.2 Å². The van der Waals surface area contributed by atoms with Gasteiger partial charge in [-0.1, -0.05) is 0 Å². The number of hydrogen-bond acceptors (Lipinski definition) is 5. The molecule has 0 unspecified atom stereocenters. The molecule has 0 aliphatic carbocycles. The molecule has 0 spiro atoms. The molecule has 122 valence electrons. The molecule has 2 N–H and O–H groups in total. The van der Waals surface area contributed by atoms with Crippen molar-refractivity contribution in [2.75, 3.05) is 5.32 Å². The van der Waals surface area contributed by atoms with Gasteiger partial charge in [0, 0.05) is 24.9 Å². The van der Waals surface area contributed by atoms with Crippen LogP contribution >= 0.6 is 0 Å². The Hall–Kier alpha value is -2.97. The monoisotopic (exact) mass is 319 g/mol. The van der Waals surface area contributed by atoms with E-state index in [1.165, 1.54) is 47.6 Å². The maximum absolute atomic E-state index is 12.1. The third kappa shape index (κ3) is 3.28. The zero-order valence-corrected chi connectivity index (χ0v) is 13.0. The lowest BCUT2D eigenvalue weighted by Gasteiger charge is -2.19. The molecule has 0 saturated carbocycles. The highest BCUT2D eigenvalue weighted by Crippen LogP contribution is 2.16. The number of hydrogen-bond donors (Lipinski definition) is 2. The highest BCUT2D eigenvalue weighted by atomic mass is 16.4. The van der Waals surface area contributed by atoms with E-state index in [1.807, 2.05) is 0 Å². The van der Waals surface area contributed by atoms with Gasteiger partial charge in [0.15, 0.2) is 11.4 Å². The molecule has 0 aliphatic rings. The third-order valence-electron chi connectivity index (χ3n) is 3.33. The van der Waals surface area contributed by atoms with Crippen molar-refractivity contribution in [3.8, 4) is 0 Å². The maximum atomic E-state index is 12.1. The van der Waals surface area contributed by atoms with Crippen LogP contribution in [0.2, 0.25) is 0 Å². The van der Waals surface area contributed by atoms with Gasteiger partial charge in [-0.05, 0) is 26.8 Å². The molecule has 0 saturated heterocycles. The second-order valence-corrected chi connectivity index (χ2v) is 5.34. The molecule has 0 bridgehead atoms. The summed E-state index contributed by atoms with van der Waals surface area (Å²) < 4.78 is 2.41. The number of nitrogens with one attached hydrogen (secondary N) is 1. The van der Waals surface area contributed by atoms with Gasteiger partial charge in [-0.3, -0.25) is 14.3 Å². The fourth-order valence-corrected chi connectivity index (χ4v) is 1.78. The molecule has 0 radical (unpaired) electrons. The summed E-state index contributed by atoms with van der Waals surface area (Å²) in [6, 6.07) is 4.07. The lowest BCUT2D eigenvalue weighted by Crippen LogP contribution is -2.36. The largest absolute Gasteiger partial charge is 0.479 e. The second kappa shape index (κ2) is 6.03. The Morgan fingerprint density at radius 2 is 1.96 bits per heavy atom. The number of anilines is 1. The lowest BCUT2D eigenvalue weighted by atomic mass is 10.1. The van der Waals surface area contributed by atoms with Crippen molar-refractivity contribution in [2.24, 2.45) is 0 Å². The van der Waals surface area contributed by atoms with Gasteiger partial charge in [0.05, 0.1) is 0 Å². The Labute approximate surface area is 131 Å². The van der Waals surface area contributed by atoms with Crippen LogP contribution in [0.25, 0.3) is 0 Å². The summed E-state index contributed by atoms with van der Waals surface area (Å²) in [7, 11) is 0. The third-order valence-corrected chi connectivity index (χ3v) is 3.33. The fourth-order valence-electron chi connectivity index (χ4n) is 1.78. The van der Waals surface area contributed by atoms with Crippen molar-refractivity contribution in [3.05, 3.63) is 40.4 Å². The highest BCUT2D eigenvalue weighted by molar-refractivity contribution is 6.02. The zero-order chi connectivity index (χ0) is 17.2. The first-order chi connectivity index (χ1) is 10.8. The summed E-state index contributed by atoms with van der Waals surface area (Å²) in [6.45, 7) is 5.08. The molecule has 0 fully saturated rings. The smallest absolute Gasteiger partial charge is 0.331 e. The number of rotatable bonds is 5. The topological polar surface area (TPSA) is 119 Å². The molecule has 0 aromatic carbocycles. The van der Waals surface area contributed by atoms with Crippen molar-refractivity contribution in [2.45, 2.75) is 32.9 Å². The van der Waals surface area contributed by atoms with Gasteiger partial charge in [-0.25, -0.2) is 9.48 Å². The Bertz CT molecular complexity index is 805. The minimum Gasteiger partial charge on any atom is -0.479 e. The quantitative estimate of drug-likeness (QED) is 0.829. The normalized spacial score (nSPS) is 11.3. The summed E-state index contributed by atoms with van der Waals surface area (Å²) in [6.07, 6.45) is 1.46. The summed E-state index contributed by atoms with van der Waals surface area (Å²) in [5, 5.41) is 19.6. The van der Waals surface area contributed by atoms with Crippen LogP contribution in [-0.4, -0.2) is 36.5 Å². The predicted molar refractivity (Wildman–Crippen MR) is 81.3 cm³/mol. The molecule has 2 aromatic heterocycles. The van der Waals surface area contributed by atoms with E-state index in [1.54, 1.807) is 6.92 Å². The molecule has 0 aliphatic heterocycles. The number of amides is 1. The number of carbonyl (C=O) groups excluding carboxylic acids is 1. The number of nitrogens with zero attached hydrogens (tertiary/aromatic N) is 4. The molecule has 9 nitrogen and oxygen atoms in total. The first-order valence-corrected chi connectivity index (χ1v) is 6.94. The molecular weight excluding hydrogens is 302 g/mol. The molecule has 23 heavy (non-hydrogen) atoms. The van der Waals surface area contributed by atoms with Crippen molar-refractivity contribution >= 4 is 17.7 Å². The molecule has 1 amide bonds. The van der Waals surface area contributed by atoms with Crippen LogP contribution < -0.4 is 10.9 Å². The summed E-state index contributed by atoms with van der Waals surface area (Å²) in [5.74, 6) is -1.39. The van der Waals surface area contributed by atoms with Crippen LogP contribution in [0.1, 0.15) is 31.3 Å². The first-order valence-electron chi connectivity index (χ1n) is 6.94. The van der Waals surface area contributed by atoms with E-state index in [0.29, 0.717) is 6.54 Å². The number of aryl methyl sites for hydroxylation is 1. The SMILES string of the molecule is CCn1nc(C(=O)Nc2ccn(C(C)(C)C(=O)O)n2)ccc1=O. The van der Waals surface area contributed by atoms with E-state index in [2.05, 4.69) is 15.5 Å². The van der Waals surface area contributed by atoms with Crippen molar-refractivity contribution < 1.29 is 14.7 Å². The number of carboxylic acid groups (broad SMARTS) is 1. The maximum Gasteiger partial charge on any atom is 0.331 e. The summed E-state index contributed by atoms with van der Waals surface area (Å²) >= 11 is 0.